The quantitative estimate of drug-likeness (QED) is 0.733. The number of nitrogens with two attached hydrogens (primary N) is 1. The average molecular weight is 328 g/mol. The number of halogens is 2. The minimum atomic E-state index is -0.792. The van der Waals surface area contributed by atoms with E-state index in [4.69, 9.17) is 5.73 Å². The van der Waals surface area contributed by atoms with Gasteiger partial charge in [0.15, 0.2) is 5.82 Å². The molecule has 2 aromatic heterocycles. The Morgan fingerprint density at radius 3 is 2.50 bits per heavy atom. The highest BCUT2D eigenvalue weighted by Gasteiger charge is 2.22. The van der Waals surface area contributed by atoms with Crippen LogP contribution in [0.15, 0.2) is 42.9 Å². The molecule has 2 heterocycles. The van der Waals surface area contributed by atoms with Gasteiger partial charge in [-0.3, -0.25) is 9.67 Å². The second-order valence-corrected chi connectivity index (χ2v) is 6.07. The molecule has 0 radical (unpaired) electrons. The lowest BCUT2D eigenvalue weighted by Gasteiger charge is -2.07. The van der Waals surface area contributed by atoms with Crippen molar-refractivity contribution in [2.45, 2.75) is 20.4 Å². The van der Waals surface area contributed by atoms with E-state index in [0.717, 1.165) is 11.6 Å². The van der Waals surface area contributed by atoms with Crippen LogP contribution in [0.25, 0.3) is 22.4 Å². The molecular formula is C18H18F2N4. The summed E-state index contributed by atoms with van der Waals surface area (Å²) in [6, 6.07) is 5.93. The van der Waals surface area contributed by atoms with E-state index in [1.54, 1.807) is 35.4 Å². The van der Waals surface area contributed by atoms with Gasteiger partial charge in [-0.1, -0.05) is 13.8 Å². The van der Waals surface area contributed by atoms with E-state index < -0.39 is 11.6 Å². The number of anilines is 1. The van der Waals surface area contributed by atoms with Crippen molar-refractivity contribution in [3.8, 4) is 22.4 Å². The average Bonchev–Trinajstić information content (AvgIpc) is 2.95. The van der Waals surface area contributed by atoms with Gasteiger partial charge in [0.05, 0.1) is 11.3 Å². The molecule has 0 aliphatic carbocycles. The molecule has 0 aliphatic rings. The second kappa shape index (κ2) is 6.39. The van der Waals surface area contributed by atoms with Crippen molar-refractivity contribution in [1.82, 2.24) is 14.8 Å². The SMILES string of the molecule is CC(C)Cn1cc(-c2ccncc2)c(-c2c(F)ccc(N)c2F)n1. The van der Waals surface area contributed by atoms with Gasteiger partial charge in [-0.25, -0.2) is 8.78 Å². The Kier molecular flexibility index (Phi) is 4.29. The van der Waals surface area contributed by atoms with Crippen LogP contribution >= 0.6 is 0 Å². The summed E-state index contributed by atoms with van der Waals surface area (Å²) in [6.07, 6.45) is 5.06. The zero-order chi connectivity index (χ0) is 17.3. The summed E-state index contributed by atoms with van der Waals surface area (Å²) in [4.78, 5) is 3.98. The van der Waals surface area contributed by atoms with Gasteiger partial charge in [-0.2, -0.15) is 5.10 Å². The molecule has 124 valence electrons. The van der Waals surface area contributed by atoms with Crippen LogP contribution in [0.4, 0.5) is 14.5 Å². The first-order valence-corrected chi connectivity index (χ1v) is 7.69. The summed E-state index contributed by atoms with van der Waals surface area (Å²) in [5, 5.41) is 4.42. The van der Waals surface area contributed by atoms with Crippen LogP contribution < -0.4 is 5.73 Å². The van der Waals surface area contributed by atoms with E-state index in [9.17, 15) is 8.78 Å². The number of nitrogen functional groups attached to an aromatic ring is 1. The summed E-state index contributed by atoms with van der Waals surface area (Å²) in [5.41, 5.74) is 6.97. The molecule has 0 aliphatic heterocycles. The molecule has 0 unspecified atom stereocenters. The summed E-state index contributed by atoms with van der Waals surface area (Å²) in [6.45, 7) is 4.74. The third-order valence-electron chi connectivity index (χ3n) is 3.66. The standard InChI is InChI=1S/C18H18F2N4/c1-11(2)9-24-10-13(12-5-7-22-8-6-12)18(23-24)16-14(19)3-4-15(21)17(16)20/h3-8,10-11H,9,21H2,1-2H3. The number of hydrogen-bond donors (Lipinski definition) is 1. The highest BCUT2D eigenvalue weighted by molar-refractivity contribution is 5.82. The molecule has 0 saturated heterocycles. The van der Waals surface area contributed by atoms with Gasteiger partial charge in [-0.15, -0.1) is 0 Å². The van der Waals surface area contributed by atoms with Gasteiger partial charge in [0, 0.05) is 30.7 Å². The maximum Gasteiger partial charge on any atom is 0.158 e. The third kappa shape index (κ3) is 2.99. The normalized spacial score (nSPS) is 11.2. The summed E-state index contributed by atoms with van der Waals surface area (Å²) in [5.74, 6) is -1.13. The largest absolute Gasteiger partial charge is 0.396 e. The Labute approximate surface area is 139 Å². The first-order chi connectivity index (χ1) is 11.5. The first kappa shape index (κ1) is 16.1. The van der Waals surface area contributed by atoms with E-state index in [1.807, 2.05) is 0 Å². The van der Waals surface area contributed by atoms with Crippen LogP contribution in [0.5, 0.6) is 0 Å². The lowest BCUT2D eigenvalue weighted by molar-refractivity contribution is 0.483. The number of pyridine rings is 1. The van der Waals surface area contributed by atoms with Crippen LogP contribution in [0.2, 0.25) is 0 Å². The Bertz CT molecular complexity index is 857. The van der Waals surface area contributed by atoms with E-state index in [2.05, 4.69) is 23.9 Å². The van der Waals surface area contributed by atoms with Crippen LogP contribution in [0.1, 0.15) is 13.8 Å². The van der Waals surface area contributed by atoms with Gasteiger partial charge in [0.1, 0.15) is 11.5 Å². The molecule has 0 bridgehead atoms. The summed E-state index contributed by atoms with van der Waals surface area (Å²) >= 11 is 0. The highest BCUT2D eigenvalue weighted by Crippen LogP contribution is 2.35. The monoisotopic (exact) mass is 328 g/mol. The molecule has 6 heteroatoms. The van der Waals surface area contributed by atoms with Crippen LogP contribution in [0, 0.1) is 17.6 Å². The van der Waals surface area contributed by atoms with E-state index in [-0.39, 0.29) is 16.9 Å². The number of rotatable bonds is 4. The maximum absolute atomic E-state index is 14.5. The van der Waals surface area contributed by atoms with Crippen molar-refractivity contribution in [3.63, 3.8) is 0 Å². The zero-order valence-corrected chi connectivity index (χ0v) is 13.5. The fourth-order valence-corrected chi connectivity index (χ4v) is 2.60. The maximum atomic E-state index is 14.5. The van der Waals surface area contributed by atoms with E-state index >= 15 is 0 Å². The van der Waals surface area contributed by atoms with Crippen LogP contribution in [0.3, 0.4) is 0 Å². The summed E-state index contributed by atoms with van der Waals surface area (Å²) in [7, 11) is 0. The van der Waals surface area contributed by atoms with Gasteiger partial charge >= 0.3 is 0 Å². The number of hydrogen-bond acceptors (Lipinski definition) is 3. The number of benzene rings is 1. The van der Waals surface area contributed by atoms with Crippen molar-refractivity contribution >= 4 is 5.69 Å². The van der Waals surface area contributed by atoms with Crippen molar-refractivity contribution in [2.24, 2.45) is 5.92 Å². The minimum absolute atomic E-state index is 0.106. The lowest BCUT2D eigenvalue weighted by atomic mass is 10.0. The molecule has 24 heavy (non-hydrogen) atoms. The van der Waals surface area contributed by atoms with Crippen molar-refractivity contribution < 1.29 is 8.78 Å². The van der Waals surface area contributed by atoms with Crippen LogP contribution in [-0.4, -0.2) is 14.8 Å². The van der Waals surface area contributed by atoms with E-state index in [1.165, 1.54) is 6.07 Å². The van der Waals surface area contributed by atoms with Crippen molar-refractivity contribution in [3.05, 3.63) is 54.5 Å². The molecule has 3 aromatic rings. The fourth-order valence-electron chi connectivity index (χ4n) is 2.60. The lowest BCUT2D eigenvalue weighted by Crippen LogP contribution is -2.05. The molecule has 4 nitrogen and oxygen atoms in total. The predicted octanol–water partition coefficient (Wildman–Crippen LogP) is 4.13. The molecule has 0 saturated carbocycles. The molecular weight excluding hydrogens is 310 g/mol. The molecule has 0 amide bonds. The van der Waals surface area contributed by atoms with Gasteiger partial charge < -0.3 is 5.73 Å². The Morgan fingerprint density at radius 1 is 1.12 bits per heavy atom. The zero-order valence-electron chi connectivity index (χ0n) is 13.5. The minimum Gasteiger partial charge on any atom is -0.396 e. The Balaban J connectivity index is 2.24. The molecule has 0 fully saturated rings. The molecule has 3 rings (SSSR count). The third-order valence-corrected chi connectivity index (χ3v) is 3.66. The number of nitrogens with zero attached hydrogens (tertiary/aromatic N) is 3. The predicted molar refractivity (Wildman–Crippen MR) is 90.1 cm³/mol. The Hall–Kier alpha value is -2.76. The molecule has 0 atom stereocenters. The molecule has 1 aromatic carbocycles. The van der Waals surface area contributed by atoms with Crippen LogP contribution in [-0.2, 0) is 6.54 Å². The summed E-state index contributed by atoms with van der Waals surface area (Å²) < 4.78 is 30.5. The molecule has 0 spiro atoms. The van der Waals surface area contributed by atoms with Gasteiger partial charge in [0.25, 0.3) is 0 Å². The van der Waals surface area contributed by atoms with E-state index in [0.29, 0.717) is 18.0 Å². The van der Waals surface area contributed by atoms with Crippen molar-refractivity contribution in [1.29, 1.82) is 0 Å². The molecule has 2 N–H and O–H groups in total. The fraction of sp³-hybridized carbons (Fsp3) is 0.222. The Morgan fingerprint density at radius 2 is 1.83 bits per heavy atom. The topological polar surface area (TPSA) is 56.7 Å². The van der Waals surface area contributed by atoms with Crippen molar-refractivity contribution in [2.75, 3.05) is 5.73 Å². The highest BCUT2D eigenvalue weighted by atomic mass is 19.1. The number of aromatic nitrogens is 3. The van der Waals surface area contributed by atoms with Gasteiger partial charge in [0.2, 0.25) is 0 Å². The smallest absolute Gasteiger partial charge is 0.158 e. The first-order valence-electron chi connectivity index (χ1n) is 7.69. The second-order valence-electron chi connectivity index (χ2n) is 6.07. The van der Waals surface area contributed by atoms with Gasteiger partial charge in [-0.05, 0) is 35.7 Å².